The number of benzene rings is 2. The van der Waals surface area contributed by atoms with Gasteiger partial charge in [-0.1, -0.05) is 54.1 Å². The zero-order valence-electron chi connectivity index (χ0n) is 16.0. The maximum Gasteiger partial charge on any atom is 0.433 e. The predicted octanol–water partition coefficient (Wildman–Crippen LogP) is 5.23. The van der Waals surface area contributed by atoms with Crippen LogP contribution in [0.25, 0.3) is 0 Å². The summed E-state index contributed by atoms with van der Waals surface area (Å²) in [6.45, 7) is 2.32. The number of nitrogens with zero attached hydrogens (tertiary/aromatic N) is 2. The second kappa shape index (κ2) is 8.90. The van der Waals surface area contributed by atoms with Gasteiger partial charge < -0.3 is 4.90 Å². The average Bonchev–Trinajstić information content (AvgIpc) is 2.70. The molecule has 3 aromatic rings. The Balaban J connectivity index is 1.76. The van der Waals surface area contributed by atoms with Crippen LogP contribution in [-0.4, -0.2) is 17.4 Å². The van der Waals surface area contributed by atoms with Gasteiger partial charge in [0.1, 0.15) is 5.69 Å². The maximum atomic E-state index is 13.0. The highest BCUT2D eigenvalue weighted by atomic mass is 19.4. The predicted molar refractivity (Wildman–Crippen MR) is 107 cm³/mol. The van der Waals surface area contributed by atoms with Gasteiger partial charge in [0.05, 0.1) is 6.42 Å². The molecule has 0 unspecified atom stereocenters. The van der Waals surface area contributed by atoms with E-state index in [0.29, 0.717) is 18.5 Å². The molecule has 150 valence electrons. The van der Waals surface area contributed by atoms with E-state index in [1.807, 2.05) is 61.5 Å². The van der Waals surface area contributed by atoms with E-state index in [2.05, 4.69) is 4.98 Å². The minimum Gasteiger partial charge on any atom is -0.312 e. The Morgan fingerprint density at radius 1 is 0.931 bits per heavy atom. The SMILES string of the molecule is Cc1ccc(N(CCc2ccc(C(F)(F)F)nc2)C(=O)Cc2ccccc2)cc1. The quantitative estimate of drug-likeness (QED) is 0.570. The third kappa shape index (κ3) is 5.67. The van der Waals surface area contributed by atoms with Gasteiger partial charge in [-0.2, -0.15) is 13.2 Å². The second-order valence-corrected chi connectivity index (χ2v) is 6.84. The van der Waals surface area contributed by atoms with Gasteiger partial charge in [-0.3, -0.25) is 9.78 Å². The van der Waals surface area contributed by atoms with E-state index < -0.39 is 11.9 Å². The van der Waals surface area contributed by atoms with Crippen LogP contribution < -0.4 is 4.90 Å². The molecule has 0 bridgehead atoms. The normalized spacial score (nSPS) is 11.3. The molecule has 2 aromatic carbocycles. The summed E-state index contributed by atoms with van der Waals surface area (Å²) in [5.74, 6) is -0.0695. The monoisotopic (exact) mass is 398 g/mol. The minimum atomic E-state index is -4.46. The molecule has 0 atom stereocenters. The Labute approximate surface area is 167 Å². The number of hydrogen-bond donors (Lipinski definition) is 0. The molecule has 1 amide bonds. The minimum absolute atomic E-state index is 0.0695. The van der Waals surface area contributed by atoms with Crippen molar-refractivity contribution in [2.75, 3.05) is 11.4 Å². The van der Waals surface area contributed by atoms with E-state index in [-0.39, 0.29) is 12.3 Å². The topological polar surface area (TPSA) is 33.2 Å². The fraction of sp³-hybridized carbons (Fsp3) is 0.217. The number of aryl methyl sites for hydroxylation is 1. The van der Waals surface area contributed by atoms with Crippen LogP contribution in [0.1, 0.15) is 22.4 Å². The number of pyridine rings is 1. The highest BCUT2D eigenvalue weighted by Crippen LogP contribution is 2.27. The number of hydrogen-bond acceptors (Lipinski definition) is 2. The molecule has 0 aliphatic carbocycles. The largest absolute Gasteiger partial charge is 0.433 e. The molecule has 0 spiro atoms. The molecular weight excluding hydrogens is 377 g/mol. The van der Waals surface area contributed by atoms with Crippen LogP contribution in [0.2, 0.25) is 0 Å². The molecule has 0 fully saturated rings. The molecule has 3 rings (SSSR count). The van der Waals surface area contributed by atoms with Crippen LogP contribution in [0.3, 0.4) is 0 Å². The van der Waals surface area contributed by atoms with E-state index in [1.54, 1.807) is 4.90 Å². The van der Waals surface area contributed by atoms with Gasteiger partial charge in [-0.05, 0) is 42.7 Å². The van der Waals surface area contributed by atoms with Gasteiger partial charge >= 0.3 is 6.18 Å². The number of alkyl halides is 3. The molecule has 1 aromatic heterocycles. The average molecular weight is 398 g/mol. The summed E-state index contributed by atoms with van der Waals surface area (Å²) in [4.78, 5) is 18.1. The van der Waals surface area contributed by atoms with Crippen molar-refractivity contribution in [1.82, 2.24) is 4.98 Å². The van der Waals surface area contributed by atoms with Crippen LogP contribution in [0.5, 0.6) is 0 Å². The number of anilines is 1. The zero-order chi connectivity index (χ0) is 20.9. The highest BCUT2D eigenvalue weighted by Gasteiger charge is 2.32. The van der Waals surface area contributed by atoms with E-state index in [4.69, 9.17) is 0 Å². The molecule has 0 radical (unpaired) electrons. The summed E-state index contributed by atoms with van der Waals surface area (Å²) < 4.78 is 38.1. The summed E-state index contributed by atoms with van der Waals surface area (Å²) in [7, 11) is 0. The highest BCUT2D eigenvalue weighted by molar-refractivity contribution is 5.94. The molecule has 0 saturated carbocycles. The van der Waals surface area contributed by atoms with E-state index >= 15 is 0 Å². The van der Waals surface area contributed by atoms with Crippen molar-refractivity contribution in [3.05, 3.63) is 95.3 Å². The lowest BCUT2D eigenvalue weighted by Crippen LogP contribution is -2.34. The maximum absolute atomic E-state index is 13.0. The number of carbonyl (C=O) groups excluding carboxylic acids is 1. The van der Waals surface area contributed by atoms with Crippen molar-refractivity contribution in [3.8, 4) is 0 Å². The van der Waals surface area contributed by atoms with E-state index in [0.717, 1.165) is 22.9 Å². The fourth-order valence-corrected chi connectivity index (χ4v) is 2.97. The fourth-order valence-electron chi connectivity index (χ4n) is 2.97. The number of halogens is 3. The Bertz CT molecular complexity index is 937. The Morgan fingerprint density at radius 3 is 2.21 bits per heavy atom. The summed E-state index contributed by atoms with van der Waals surface area (Å²) >= 11 is 0. The zero-order valence-corrected chi connectivity index (χ0v) is 16.0. The summed E-state index contributed by atoms with van der Waals surface area (Å²) in [6.07, 6.45) is -2.59. The van der Waals surface area contributed by atoms with Crippen molar-refractivity contribution < 1.29 is 18.0 Å². The standard InChI is InChI=1S/C23H21F3N2O/c1-17-7-10-20(11-8-17)28(22(29)15-18-5-3-2-4-6-18)14-13-19-9-12-21(27-16-19)23(24,25)26/h2-12,16H,13-15H2,1H3. The first-order valence-corrected chi connectivity index (χ1v) is 9.26. The summed E-state index contributed by atoms with van der Waals surface area (Å²) in [5, 5.41) is 0. The van der Waals surface area contributed by atoms with Gasteiger partial charge in [0.25, 0.3) is 0 Å². The van der Waals surface area contributed by atoms with Crippen LogP contribution >= 0.6 is 0 Å². The summed E-state index contributed by atoms with van der Waals surface area (Å²) in [5.41, 5.74) is 2.47. The van der Waals surface area contributed by atoms with Gasteiger partial charge in [0.15, 0.2) is 0 Å². The van der Waals surface area contributed by atoms with E-state index in [9.17, 15) is 18.0 Å². The number of rotatable bonds is 6. The molecule has 1 heterocycles. The molecule has 29 heavy (non-hydrogen) atoms. The lowest BCUT2D eigenvalue weighted by molar-refractivity contribution is -0.141. The van der Waals surface area contributed by atoms with Gasteiger partial charge in [0.2, 0.25) is 5.91 Å². The Morgan fingerprint density at radius 2 is 1.62 bits per heavy atom. The van der Waals surface area contributed by atoms with Gasteiger partial charge in [-0.15, -0.1) is 0 Å². The molecule has 0 N–H and O–H groups in total. The first-order valence-electron chi connectivity index (χ1n) is 9.26. The van der Waals surface area contributed by atoms with Crippen LogP contribution in [-0.2, 0) is 23.8 Å². The number of amides is 1. The number of aromatic nitrogens is 1. The Hall–Kier alpha value is -3.15. The molecule has 3 nitrogen and oxygen atoms in total. The third-order valence-electron chi connectivity index (χ3n) is 4.58. The third-order valence-corrected chi connectivity index (χ3v) is 4.58. The van der Waals surface area contributed by atoms with Crippen molar-refractivity contribution in [2.45, 2.75) is 25.9 Å². The van der Waals surface area contributed by atoms with Gasteiger partial charge in [-0.25, -0.2) is 0 Å². The van der Waals surface area contributed by atoms with Gasteiger partial charge in [0, 0.05) is 18.4 Å². The Kier molecular flexibility index (Phi) is 6.32. The first kappa shape index (κ1) is 20.6. The lowest BCUT2D eigenvalue weighted by Gasteiger charge is -2.23. The van der Waals surface area contributed by atoms with Crippen molar-refractivity contribution in [2.24, 2.45) is 0 Å². The van der Waals surface area contributed by atoms with Crippen molar-refractivity contribution >= 4 is 11.6 Å². The van der Waals surface area contributed by atoms with Crippen LogP contribution in [0, 0.1) is 6.92 Å². The lowest BCUT2D eigenvalue weighted by atomic mass is 10.1. The molecular formula is C23H21F3N2O. The molecule has 6 heteroatoms. The van der Waals surface area contributed by atoms with Crippen molar-refractivity contribution in [3.63, 3.8) is 0 Å². The smallest absolute Gasteiger partial charge is 0.312 e. The number of carbonyl (C=O) groups is 1. The molecule has 0 saturated heterocycles. The van der Waals surface area contributed by atoms with Crippen LogP contribution in [0.4, 0.5) is 18.9 Å². The molecule has 0 aliphatic heterocycles. The summed E-state index contributed by atoms with van der Waals surface area (Å²) in [6, 6.07) is 19.4. The molecule has 0 aliphatic rings. The van der Waals surface area contributed by atoms with Crippen molar-refractivity contribution in [1.29, 1.82) is 0 Å². The van der Waals surface area contributed by atoms with E-state index in [1.165, 1.54) is 12.3 Å². The van der Waals surface area contributed by atoms with Crippen LogP contribution in [0.15, 0.2) is 72.9 Å². The second-order valence-electron chi connectivity index (χ2n) is 6.84. The first-order chi connectivity index (χ1) is 13.8.